The summed E-state index contributed by atoms with van der Waals surface area (Å²) in [6.45, 7) is 7.26. The maximum Gasteiger partial charge on any atom is 0.0963 e. The zero-order chi connectivity index (χ0) is 11.0. The molecule has 0 aliphatic heterocycles. The monoisotopic (exact) mass is 190 g/mol. The van der Waals surface area contributed by atoms with Gasteiger partial charge in [0.25, 0.3) is 0 Å². The molecule has 0 spiro atoms. The quantitative estimate of drug-likeness (QED) is 0.535. The number of aryl methyl sites for hydroxylation is 1. The van der Waals surface area contributed by atoms with Crippen molar-refractivity contribution in [1.29, 1.82) is 5.41 Å². The number of rotatable bonds is 1. The second kappa shape index (κ2) is 6.89. The zero-order valence-electron chi connectivity index (χ0n) is 9.12. The van der Waals surface area contributed by atoms with Crippen LogP contribution in [0.1, 0.15) is 12.5 Å². The van der Waals surface area contributed by atoms with E-state index in [0.29, 0.717) is 5.84 Å². The van der Waals surface area contributed by atoms with Crippen molar-refractivity contribution in [1.82, 2.24) is 4.90 Å². The molecule has 0 unspecified atom stereocenters. The number of hydrogen-bond acceptors (Lipinski definition) is 1. The average Bonchev–Trinajstić information content (AvgIpc) is 2.18. The molecule has 2 nitrogen and oxygen atoms in total. The van der Waals surface area contributed by atoms with Gasteiger partial charge < -0.3 is 4.90 Å². The van der Waals surface area contributed by atoms with Crippen LogP contribution in [0.15, 0.2) is 43.1 Å². The highest BCUT2D eigenvalue weighted by Gasteiger charge is 1.85. The Labute approximate surface area is 86.4 Å². The summed E-state index contributed by atoms with van der Waals surface area (Å²) in [6, 6.07) is 10.3. The Balaban J connectivity index is 0.000000241. The summed E-state index contributed by atoms with van der Waals surface area (Å²) in [5.41, 5.74) is 1.32. The fraction of sp³-hybridized carbons (Fsp3) is 0.250. The lowest BCUT2D eigenvalue weighted by atomic mass is 10.2. The number of nitrogens with one attached hydrogen (secondary N) is 1. The molecule has 0 atom stereocenters. The van der Waals surface area contributed by atoms with E-state index in [1.54, 1.807) is 25.1 Å². The van der Waals surface area contributed by atoms with Crippen molar-refractivity contribution in [2.45, 2.75) is 13.8 Å². The van der Waals surface area contributed by atoms with Gasteiger partial charge in [-0.1, -0.05) is 42.5 Å². The Bertz CT molecular complexity index is 278. The number of amidine groups is 1. The molecule has 0 saturated heterocycles. The molecule has 1 aromatic rings. The molecule has 0 fully saturated rings. The molecule has 0 saturated carbocycles. The van der Waals surface area contributed by atoms with Gasteiger partial charge in [-0.05, 0) is 20.0 Å². The van der Waals surface area contributed by atoms with Gasteiger partial charge in [0.2, 0.25) is 0 Å². The fourth-order valence-electron chi connectivity index (χ4n) is 0.671. The van der Waals surface area contributed by atoms with E-state index >= 15 is 0 Å². The molecular formula is C12H18N2. The first-order valence-corrected chi connectivity index (χ1v) is 4.50. The van der Waals surface area contributed by atoms with E-state index in [9.17, 15) is 0 Å². The topological polar surface area (TPSA) is 27.1 Å². The van der Waals surface area contributed by atoms with Gasteiger partial charge in [-0.25, -0.2) is 0 Å². The maximum absolute atomic E-state index is 6.96. The molecule has 0 bridgehead atoms. The van der Waals surface area contributed by atoms with Crippen LogP contribution in [0.25, 0.3) is 0 Å². The van der Waals surface area contributed by atoms with Crippen molar-refractivity contribution >= 4 is 5.84 Å². The molecule has 1 rings (SSSR count). The van der Waals surface area contributed by atoms with Gasteiger partial charge >= 0.3 is 0 Å². The van der Waals surface area contributed by atoms with Crippen LogP contribution in [0.2, 0.25) is 0 Å². The van der Waals surface area contributed by atoms with Crippen molar-refractivity contribution in [3.05, 3.63) is 48.7 Å². The molecule has 1 N–H and O–H groups in total. The number of hydrogen-bond donors (Lipinski definition) is 1. The lowest BCUT2D eigenvalue weighted by molar-refractivity contribution is 0.680. The molecular weight excluding hydrogens is 172 g/mol. The zero-order valence-corrected chi connectivity index (χ0v) is 9.12. The van der Waals surface area contributed by atoms with Crippen LogP contribution in [0, 0.1) is 12.3 Å². The van der Waals surface area contributed by atoms with Crippen LogP contribution in [0.4, 0.5) is 0 Å². The van der Waals surface area contributed by atoms with Crippen LogP contribution in [-0.2, 0) is 0 Å². The highest BCUT2D eigenvalue weighted by molar-refractivity contribution is 5.76. The third-order valence-electron chi connectivity index (χ3n) is 1.74. The Morgan fingerprint density at radius 3 is 2.00 bits per heavy atom. The normalized spacial score (nSPS) is 8.21. The highest BCUT2D eigenvalue weighted by Crippen LogP contribution is 1.92. The summed E-state index contributed by atoms with van der Waals surface area (Å²) in [5, 5.41) is 6.96. The van der Waals surface area contributed by atoms with Crippen molar-refractivity contribution in [3.63, 3.8) is 0 Å². The molecule has 0 amide bonds. The van der Waals surface area contributed by atoms with E-state index in [1.165, 1.54) is 5.56 Å². The van der Waals surface area contributed by atoms with Gasteiger partial charge in [-0.15, -0.1) is 0 Å². The molecule has 0 heterocycles. The van der Waals surface area contributed by atoms with Gasteiger partial charge in [0.1, 0.15) is 0 Å². The summed E-state index contributed by atoms with van der Waals surface area (Å²) in [6.07, 6.45) is 1.60. The van der Waals surface area contributed by atoms with E-state index in [1.807, 2.05) is 18.2 Å². The van der Waals surface area contributed by atoms with Crippen molar-refractivity contribution in [3.8, 4) is 0 Å². The minimum absolute atomic E-state index is 0.509. The Morgan fingerprint density at radius 1 is 1.36 bits per heavy atom. The van der Waals surface area contributed by atoms with Gasteiger partial charge in [0.05, 0.1) is 5.84 Å². The highest BCUT2D eigenvalue weighted by atomic mass is 15.1. The molecule has 0 aromatic heterocycles. The summed E-state index contributed by atoms with van der Waals surface area (Å²) in [5.74, 6) is 0.509. The van der Waals surface area contributed by atoms with Crippen molar-refractivity contribution in [2.75, 3.05) is 7.05 Å². The average molecular weight is 190 g/mol. The predicted molar refractivity (Wildman–Crippen MR) is 62.5 cm³/mol. The third kappa shape index (κ3) is 6.00. The summed E-state index contributed by atoms with van der Waals surface area (Å²) in [4.78, 5) is 1.64. The molecule has 2 heteroatoms. The van der Waals surface area contributed by atoms with E-state index in [0.717, 1.165) is 0 Å². The first-order chi connectivity index (χ1) is 6.57. The Morgan fingerprint density at radius 2 is 1.86 bits per heavy atom. The molecule has 14 heavy (non-hydrogen) atoms. The molecule has 0 aliphatic carbocycles. The second-order valence-electron chi connectivity index (χ2n) is 3.03. The smallest absolute Gasteiger partial charge is 0.0963 e. The SMILES string of the molecule is C=CN(C)C(C)=N.Cc1ccccc1. The first kappa shape index (κ1) is 12.4. The van der Waals surface area contributed by atoms with Crippen LogP contribution < -0.4 is 0 Å². The first-order valence-electron chi connectivity index (χ1n) is 4.50. The van der Waals surface area contributed by atoms with Crippen LogP contribution in [0.5, 0.6) is 0 Å². The maximum atomic E-state index is 6.96. The standard InChI is InChI=1S/C7H8.C5H10N2/c1-7-5-3-2-4-6-7;1-4-7(3)5(2)6/h2-6H,1H3;4,6H,1H2,2-3H3. The lowest BCUT2D eigenvalue weighted by Gasteiger charge is -2.08. The van der Waals surface area contributed by atoms with E-state index in [4.69, 9.17) is 5.41 Å². The van der Waals surface area contributed by atoms with Gasteiger partial charge in [-0.2, -0.15) is 0 Å². The van der Waals surface area contributed by atoms with E-state index < -0.39 is 0 Å². The van der Waals surface area contributed by atoms with Crippen molar-refractivity contribution < 1.29 is 0 Å². The molecule has 76 valence electrons. The van der Waals surface area contributed by atoms with Gasteiger partial charge in [-0.3, -0.25) is 5.41 Å². The fourth-order valence-corrected chi connectivity index (χ4v) is 0.671. The minimum Gasteiger partial charge on any atom is -0.341 e. The second-order valence-corrected chi connectivity index (χ2v) is 3.03. The molecule has 0 radical (unpaired) electrons. The van der Waals surface area contributed by atoms with Crippen LogP contribution in [0.3, 0.4) is 0 Å². The third-order valence-corrected chi connectivity index (χ3v) is 1.74. The predicted octanol–water partition coefficient (Wildman–Crippen LogP) is 3.05. The van der Waals surface area contributed by atoms with Crippen molar-refractivity contribution in [2.24, 2.45) is 0 Å². The van der Waals surface area contributed by atoms with Crippen LogP contribution in [-0.4, -0.2) is 17.8 Å². The Kier molecular flexibility index (Phi) is 6.12. The summed E-state index contributed by atoms with van der Waals surface area (Å²) in [7, 11) is 1.79. The largest absolute Gasteiger partial charge is 0.341 e. The van der Waals surface area contributed by atoms with Crippen LogP contribution >= 0.6 is 0 Å². The lowest BCUT2D eigenvalue weighted by Crippen LogP contribution is -2.14. The molecule has 1 aromatic carbocycles. The summed E-state index contributed by atoms with van der Waals surface area (Å²) >= 11 is 0. The van der Waals surface area contributed by atoms with E-state index in [2.05, 4.69) is 25.6 Å². The Hall–Kier alpha value is -1.57. The van der Waals surface area contributed by atoms with E-state index in [-0.39, 0.29) is 0 Å². The van der Waals surface area contributed by atoms with Gasteiger partial charge in [0, 0.05) is 7.05 Å². The number of benzene rings is 1. The minimum atomic E-state index is 0.509. The molecule has 0 aliphatic rings. The number of nitrogens with zero attached hydrogens (tertiary/aromatic N) is 1. The van der Waals surface area contributed by atoms with Gasteiger partial charge in [0.15, 0.2) is 0 Å². The summed E-state index contributed by atoms with van der Waals surface area (Å²) < 4.78 is 0.